The lowest BCUT2D eigenvalue weighted by molar-refractivity contribution is -0.202. The second kappa shape index (κ2) is 5.69. The lowest BCUT2D eigenvalue weighted by atomic mass is 9.86. The molecule has 0 amide bonds. The van der Waals surface area contributed by atoms with E-state index in [9.17, 15) is 17.6 Å². The highest BCUT2D eigenvalue weighted by Gasteiger charge is 2.54. The molecule has 0 heterocycles. The minimum absolute atomic E-state index is 0.0485. The Morgan fingerprint density at radius 2 is 1.61 bits per heavy atom. The monoisotopic (exact) mass is 263 g/mol. The lowest BCUT2D eigenvalue weighted by Crippen LogP contribution is -2.53. The van der Waals surface area contributed by atoms with Gasteiger partial charge < -0.3 is 0 Å². The van der Waals surface area contributed by atoms with Gasteiger partial charge in [-0.1, -0.05) is 26.0 Å². The highest BCUT2D eigenvalue weighted by Crippen LogP contribution is 2.41. The molecule has 1 atom stereocenters. The van der Waals surface area contributed by atoms with Crippen LogP contribution in [0, 0.1) is 5.82 Å². The van der Waals surface area contributed by atoms with Crippen LogP contribution in [0.3, 0.4) is 0 Å². The van der Waals surface area contributed by atoms with Gasteiger partial charge in [-0.15, -0.1) is 0 Å². The van der Waals surface area contributed by atoms with Gasteiger partial charge in [0.2, 0.25) is 0 Å². The second-order valence-corrected chi connectivity index (χ2v) is 4.19. The van der Waals surface area contributed by atoms with Gasteiger partial charge in [-0.25, -0.2) is 4.39 Å². The summed E-state index contributed by atoms with van der Waals surface area (Å²) < 4.78 is 52.8. The van der Waals surface area contributed by atoms with Crippen LogP contribution in [0.2, 0.25) is 0 Å². The zero-order valence-electron chi connectivity index (χ0n) is 10.4. The van der Waals surface area contributed by atoms with E-state index in [2.05, 4.69) is 5.32 Å². The molecule has 1 nitrogen and oxygen atoms in total. The Kier molecular flexibility index (Phi) is 4.73. The molecule has 102 valence electrons. The zero-order valence-corrected chi connectivity index (χ0v) is 10.4. The molecule has 1 N–H and O–H groups in total. The Hall–Kier alpha value is -1.10. The van der Waals surface area contributed by atoms with Gasteiger partial charge in [0.05, 0.1) is 0 Å². The number of hydrogen-bond donors (Lipinski definition) is 1. The third kappa shape index (κ3) is 2.83. The maximum Gasteiger partial charge on any atom is 0.410 e. The van der Waals surface area contributed by atoms with Gasteiger partial charge in [0, 0.05) is 0 Å². The molecular formula is C13H17F4N. The number of alkyl halides is 3. The van der Waals surface area contributed by atoms with Crippen molar-refractivity contribution in [3.05, 3.63) is 35.6 Å². The highest BCUT2D eigenvalue weighted by atomic mass is 19.4. The predicted octanol–water partition coefficient (Wildman–Crippen LogP) is 3.99. The Bertz CT molecular complexity index is 372. The number of nitrogens with one attached hydrogen (secondary N) is 1. The molecule has 0 radical (unpaired) electrons. The summed E-state index contributed by atoms with van der Waals surface area (Å²) in [5.74, 6) is -0.540. The zero-order chi connectivity index (χ0) is 13.8. The van der Waals surface area contributed by atoms with Crippen molar-refractivity contribution in [2.24, 2.45) is 0 Å². The SMILES string of the molecule is CCCNC(CC)(c1ccc(F)cc1)C(F)(F)F. The third-order valence-electron chi connectivity index (χ3n) is 3.03. The Balaban J connectivity index is 3.21. The van der Waals surface area contributed by atoms with Crippen molar-refractivity contribution in [3.8, 4) is 0 Å². The molecule has 0 aliphatic rings. The average molecular weight is 263 g/mol. The summed E-state index contributed by atoms with van der Waals surface area (Å²) in [7, 11) is 0. The molecule has 1 rings (SSSR count). The Morgan fingerprint density at radius 1 is 1.06 bits per heavy atom. The predicted molar refractivity (Wildman–Crippen MR) is 62.7 cm³/mol. The molecule has 18 heavy (non-hydrogen) atoms. The molecular weight excluding hydrogens is 246 g/mol. The molecule has 0 fully saturated rings. The first-order chi connectivity index (χ1) is 8.37. The van der Waals surface area contributed by atoms with Crippen LogP contribution in [-0.4, -0.2) is 12.7 Å². The standard InChI is InChI=1S/C13H17F4N/c1-3-9-18-12(4-2,13(15,16)17)10-5-7-11(14)8-6-10/h5-8,18H,3-4,9H2,1-2H3. The van der Waals surface area contributed by atoms with E-state index in [0.717, 1.165) is 12.1 Å². The van der Waals surface area contributed by atoms with Crippen LogP contribution in [-0.2, 0) is 5.54 Å². The molecule has 0 aliphatic carbocycles. The molecule has 0 spiro atoms. The minimum Gasteiger partial charge on any atom is -0.300 e. The number of hydrogen-bond acceptors (Lipinski definition) is 1. The van der Waals surface area contributed by atoms with E-state index in [1.54, 1.807) is 6.92 Å². The molecule has 0 bridgehead atoms. The molecule has 5 heteroatoms. The minimum atomic E-state index is -4.42. The van der Waals surface area contributed by atoms with E-state index in [-0.39, 0.29) is 18.5 Å². The fraction of sp³-hybridized carbons (Fsp3) is 0.538. The lowest BCUT2D eigenvalue weighted by Gasteiger charge is -2.36. The number of halogens is 4. The van der Waals surface area contributed by atoms with E-state index in [4.69, 9.17) is 0 Å². The smallest absolute Gasteiger partial charge is 0.300 e. The van der Waals surface area contributed by atoms with Crippen molar-refractivity contribution in [1.82, 2.24) is 5.32 Å². The summed E-state index contributed by atoms with van der Waals surface area (Å²) in [4.78, 5) is 0. The van der Waals surface area contributed by atoms with Crippen LogP contribution < -0.4 is 5.32 Å². The summed E-state index contributed by atoms with van der Waals surface area (Å²) >= 11 is 0. The van der Waals surface area contributed by atoms with E-state index < -0.39 is 17.5 Å². The first kappa shape index (κ1) is 15.0. The van der Waals surface area contributed by atoms with Gasteiger partial charge in [-0.3, -0.25) is 5.32 Å². The van der Waals surface area contributed by atoms with Crippen molar-refractivity contribution >= 4 is 0 Å². The molecule has 0 aliphatic heterocycles. The van der Waals surface area contributed by atoms with Crippen molar-refractivity contribution in [3.63, 3.8) is 0 Å². The van der Waals surface area contributed by atoms with E-state index in [0.29, 0.717) is 6.42 Å². The maximum absolute atomic E-state index is 13.3. The van der Waals surface area contributed by atoms with Crippen LogP contribution in [0.5, 0.6) is 0 Å². The van der Waals surface area contributed by atoms with Gasteiger partial charge >= 0.3 is 6.18 Å². The van der Waals surface area contributed by atoms with E-state index in [1.165, 1.54) is 19.1 Å². The van der Waals surface area contributed by atoms with E-state index >= 15 is 0 Å². The Labute approximate surface area is 104 Å². The molecule has 0 aromatic heterocycles. The largest absolute Gasteiger partial charge is 0.410 e. The van der Waals surface area contributed by atoms with Crippen molar-refractivity contribution in [2.45, 2.75) is 38.4 Å². The summed E-state index contributed by atoms with van der Waals surface area (Å²) in [6.07, 6.45) is -3.96. The highest BCUT2D eigenvalue weighted by molar-refractivity contribution is 5.27. The van der Waals surface area contributed by atoms with Gasteiger partial charge in [0.1, 0.15) is 11.4 Å². The van der Waals surface area contributed by atoms with Crippen LogP contribution >= 0.6 is 0 Å². The van der Waals surface area contributed by atoms with Gasteiger partial charge in [-0.05, 0) is 37.1 Å². The molecule has 1 aromatic rings. The van der Waals surface area contributed by atoms with Crippen LogP contribution in [0.15, 0.2) is 24.3 Å². The topological polar surface area (TPSA) is 12.0 Å². The van der Waals surface area contributed by atoms with Crippen LogP contribution in [0.25, 0.3) is 0 Å². The fourth-order valence-corrected chi connectivity index (χ4v) is 1.97. The van der Waals surface area contributed by atoms with E-state index in [1.807, 2.05) is 0 Å². The second-order valence-electron chi connectivity index (χ2n) is 4.19. The van der Waals surface area contributed by atoms with Gasteiger partial charge in [0.15, 0.2) is 0 Å². The van der Waals surface area contributed by atoms with Crippen molar-refractivity contribution < 1.29 is 17.6 Å². The number of benzene rings is 1. The summed E-state index contributed by atoms with van der Waals surface area (Å²) in [5.41, 5.74) is -2.05. The summed E-state index contributed by atoms with van der Waals surface area (Å²) in [5, 5.41) is 2.56. The molecule has 1 aromatic carbocycles. The fourth-order valence-electron chi connectivity index (χ4n) is 1.97. The third-order valence-corrected chi connectivity index (χ3v) is 3.03. The maximum atomic E-state index is 13.3. The van der Waals surface area contributed by atoms with Gasteiger partial charge in [-0.2, -0.15) is 13.2 Å². The van der Waals surface area contributed by atoms with Crippen molar-refractivity contribution in [2.75, 3.05) is 6.54 Å². The number of rotatable bonds is 5. The Morgan fingerprint density at radius 3 is 2.00 bits per heavy atom. The van der Waals surface area contributed by atoms with Crippen LogP contribution in [0.1, 0.15) is 32.3 Å². The first-order valence-corrected chi connectivity index (χ1v) is 5.95. The average Bonchev–Trinajstić information content (AvgIpc) is 2.31. The normalized spacial score (nSPS) is 15.4. The summed E-state index contributed by atoms with van der Waals surface area (Å²) in [6, 6.07) is 4.49. The molecule has 0 saturated heterocycles. The first-order valence-electron chi connectivity index (χ1n) is 5.95. The van der Waals surface area contributed by atoms with Gasteiger partial charge in [0.25, 0.3) is 0 Å². The van der Waals surface area contributed by atoms with Crippen LogP contribution in [0.4, 0.5) is 17.6 Å². The quantitative estimate of drug-likeness (QED) is 0.792. The molecule has 1 unspecified atom stereocenters. The summed E-state index contributed by atoms with van der Waals surface area (Å²) in [6.45, 7) is 3.53. The van der Waals surface area contributed by atoms with Crippen molar-refractivity contribution in [1.29, 1.82) is 0 Å². The molecule has 0 saturated carbocycles.